The van der Waals surface area contributed by atoms with E-state index in [0.717, 1.165) is 17.4 Å². The predicted octanol–water partition coefficient (Wildman–Crippen LogP) is 4.73. The van der Waals surface area contributed by atoms with Gasteiger partial charge in [-0.1, -0.05) is 63.9 Å². The minimum absolute atomic E-state index is 0. The second kappa shape index (κ2) is 10.2. The maximum atomic E-state index is 10.8. The molecule has 3 nitrogen and oxygen atoms in total. The number of hydrogen-bond acceptors (Lipinski definition) is 3. The lowest BCUT2D eigenvalue weighted by atomic mass is 10.1. The van der Waals surface area contributed by atoms with Gasteiger partial charge in [0.15, 0.2) is 0 Å². The van der Waals surface area contributed by atoms with Gasteiger partial charge in [-0.05, 0) is 23.3 Å². The van der Waals surface area contributed by atoms with Gasteiger partial charge in [0.2, 0.25) is 0 Å². The molecule has 0 N–H and O–H groups in total. The average molecular weight is 300 g/mol. The van der Waals surface area contributed by atoms with Gasteiger partial charge in [0.25, 0.3) is 0 Å². The monoisotopic (exact) mass is 300 g/mol. The van der Waals surface area contributed by atoms with Gasteiger partial charge in [-0.2, -0.15) is 0 Å². The van der Waals surface area contributed by atoms with Crippen molar-refractivity contribution in [3.8, 4) is 16.9 Å². The molecule has 0 unspecified atom stereocenters. The van der Waals surface area contributed by atoms with E-state index in [1.54, 1.807) is 0 Å². The fourth-order valence-corrected chi connectivity index (χ4v) is 1.73. The standard InChI is InChI=1S/C17H16O3.2CH4/c1-2-17(18)20-13-12-19-16-10-8-15(9-11-16)14-6-4-3-5-7-14;;/h2-11H,1,12-13H2;2*1H4. The summed E-state index contributed by atoms with van der Waals surface area (Å²) in [5.74, 6) is 0.312. The van der Waals surface area contributed by atoms with Crippen molar-refractivity contribution >= 4 is 5.97 Å². The highest BCUT2D eigenvalue weighted by Gasteiger charge is 1.99. The number of carbonyl (C=O) groups is 1. The molecule has 0 heterocycles. The first-order valence-corrected chi connectivity index (χ1v) is 6.37. The van der Waals surface area contributed by atoms with E-state index in [1.165, 1.54) is 5.56 Å². The molecule has 0 aliphatic carbocycles. The summed E-state index contributed by atoms with van der Waals surface area (Å²) in [5, 5.41) is 0. The maximum Gasteiger partial charge on any atom is 0.330 e. The van der Waals surface area contributed by atoms with E-state index in [9.17, 15) is 4.79 Å². The van der Waals surface area contributed by atoms with Gasteiger partial charge in [-0.3, -0.25) is 0 Å². The fraction of sp³-hybridized carbons (Fsp3) is 0.211. The van der Waals surface area contributed by atoms with Crippen LogP contribution in [0, 0.1) is 0 Å². The van der Waals surface area contributed by atoms with E-state index in [1.807, 2.05) is 42.5 Å². The first-order chi connectivity index (χ1) is 9.79. The van der Waals surface area contributed by atoms with Gasteiger partial charge in [0.05, 0.1) is 0 Å². The summed E-state index contributed by atoms with van der Waals surface area (Å²) < 4.78 is 10.3. The minimum atomic E-state index is -0.437. The van der Waals surface area contributed by atoms with Gasteiger partial charge < -0.3 is 9.47 Å². The number of ether oxygens (including phenoxy) is 2. The molecule has 0 saturated carbocycles. The van der Waals surface area contributed by atoms with Gasteiger partial charge in [-0.25, -0.2) is 4.79 Å². The maximum absolute atomic E-state index is 10.8. The zero-order valence-corrected chi connectivity index (χ0v) is 11.1. The normalized spacial score (nSPS) is 8.91. The molecule has 0 aliphatic rings. The van der Waals surface area contributed by atoms with Crippen LogP contribution in [0.4, 0.5) is 0 Å². The molecule has 2 aromatic rings. The first-order valence-electron chi connectivity index (χ1n) is 6.37. The summed E-state index contributed by atoms with van der Waals surface area (Å²) in [4.78, 5) is 10.8. The Bertz CT molecular complexity index is 559. The third-order valence-corrected chi connectivity index (χ3v) is 2.72. The number of hydrogen-bond donors (Lipinski definition) is 0. The first kappa shape index (κ1) is 19.5. The number of carbonyl (C=O) groups excluding carboxylic acids is 1. The Morgan fingerprint density at radius 3 is 2.09 bits per heavy atom. The minimum Gasteiger partial charge on any atom is -0.490 e. The molecule has 0 aromatic heterocycles. The molecule has 0 aliphatic heterocycles. The second-order valence-electron chi connectivity index (χ2n) is 4.11. The molecule has 2 aromatic carbocycles. The van der Waals surface area contributed by atoms with Crippen molar-refractivity contribution in [2.45, 2.75) is 14.9 Å². The zero-order chi connectivity index (χ0) is 14.2. The van der Waals surface area contributed by atoms with Crippen LogP contribution >= 0.6 is 0 Å². The highest BCUT2D eigenvalue weighted by atomic mass is 16.6. The van der Waals surface area contributed by atoms with E-state index in [2.05, 4.69) is 18.7 Å². The molecule has 0 atom stereocenters. The van der Waals surface area contributed by atoms with E-state index >= 15 is 0 Å². The lowest BCUT2D eigenvalue weighted by Crippen LogP contribution is -2.10. The number of esters is 1. The lowest BCUT2D eigenvalue weighted by Gasteiger charge is -2.07. The van der Waals surface area contributed by atoms with Gasteiger partial charge >= 0.3 is 5.97 Å². The third-order valence-electron chi connectivity index (χ3n) is 2.72. The van der Waals surface area contributed by atoms with Crippen LogP contribution in [0.2, 0.25) is 0 Å². The molecular formula is C19H24O3. The smallest absolute Gasteiger partial charge is 0.330 e. The van der Waals surface area contributed by atoms with Crippen molar-refractivity contribution in [1.82, 2.24) is 0 Å². The zero-order valence-electron chi connectivity index (χ0n) is 11.1. The predicted molar refractivity (Wildman–Crippen MR) is 92.0 cm³/mol. The van der Waals surface area contributed by atoms with E-state index < -0.39 is 5.97 Å². The van der Waals surface area contributed by atoms with Crippen molar-refractivity contribution in [2.75, 3.05) is 13.2 Å². The Labute approximate surface area is 133 Å². The molecule has 118 valence electrons. The van der Waals surface area contributed by atoms with Crippen LogP contribution in [0.25, 0.3) is 11.1 Å². The molecule has 2 rings (SSSR count). The molecule has 0 bridgehead atoms. The second-order valence-corrected chi connectivity index (χ2v) is 4.11. The molecule has 0 radical (unpaired) electrons. The summed E-state index contributed by atoms with van der Waals surface area (Å²) in [7, 11) is 0. The SMILES string of the molecule is C.C.C=CC(=O)OCCOc1ccc(-c2ccccc2)cc1. The Hall–Kier alpha value is -2.55. The molecule has 0 fully saturated rings. The van der Waals surface area contributed by atoms with Crippen LogP contribution in [-0.2, 0) is 9.53 Å². The van der Waals surface area contributed by atoms with E-state index in [0.29, 0.717) is 6.61 Å². The van der Waals surface area contributed by atoms with Gasteiger partial charge in [-0.15, -0.1) is 0 Å². The highest BCUT2D eigenvalue weighted by molar-refractivity contribution is 5.81. The summed E-state index contributed by atoms with van der Waals surface area (Å²) in [6.45, 7) is 3.86. The van der Waals surface area contributed by atoms with Gasteiger partial charge in [0.1, 0.15) is 19.0 Å². The van der Waals surface area contributed by atoms with Crippen LogP contribution in [0.5, 0.6) is 5.75 Å². The largest absolute Gasteiger partial charge is 0.490 e. The summed E-state index contributed by atoms with van der Waals surface area (Å²) in [6, 6.07) is 17.9. The molecule has 0 spiro atoms. The van der Waals surface area contributed by atoms with Crippen LogP contribution in [0.1, 0.15) is 14.9 Å². The van der Waals surface area contributed by atoms with Gasteiger partial charge in [0, 0.05) is 6.08 Å². The van der Waals surface area contributed by atoms with Crippen LogP contribution < -0.4 is 4.74 Å². The van der Waals surface area contributed by atoms with Crippen LogP contribution in [-0.4, -0.2) is 19.2 Å². The molecule has 0 saturated heterocycles. The van der Waals surface area contributed by atoms with Crippen molar-refractivity contribution in [3.63, 3.8) is 0 Å². The number of rotatable bonds is 6. The van der Waals surface area contributed by atoms with E-state index in [4.69, 9.17) is 9.47 Å². The molecule has 3 heteroatoms. The molecule has 22 heavy (non-hydrogen) atoms. The topological polar surface area (TPSA) is 35.5 Å². The Balaban J connectivity index is 0.00000220. The van der Waals surface area contributed by atoms with Crippen LogP contribution in [0.3, 0.4) is 0 Å². The van der Waals surface area contributed by atoms with Crippen LogP contribution in [0.15, 0.2) is 67.3 Å². The number of benzene rings is 2. The summed E-state index contributed by atoms with van der Waals surface area (Å²) in [6.07, 6.45) is 1.13. The lowest BCUT2D eigenvalue weighted by molar-refractivity contribution is -0.138. The van der Waals surface area contributed by atoms with Crippen molar-refractivity contribution < 1.29 is 14.3 Å². The van der Waals surface area contributed by atoms with E-state index in [-0.39, 0.29) is 21.5 Å². The third kappa shape index (κ3) is 5.83. The Morgan fingerprint density at radius 1 is 0.909 bits per heavy atom. The van der Waals surface area contributed by atoms with Crippen molar-refractivity contribution in [2.24, 2.45) is 0 Å². The fourth-order valence-electron chi connectivity index (χ4n) is 1.73. The molecule has 0 amide bonds. The molecular weight excluding hydrogens is 276 g/mol. The Morgan fingerprint density at radius 2 is 1.50 bits per heavy atom. The van der Waals surface area contributed by atoms with Crippen molar-refractivity contribution in [3.05, 3.63) is 67.3 Å². The van der Waals surface area contributed by atoms with Crippen molar-refractivity contribution in [1.29, 1.82) is 0 Å². The summed E-state index contributed by atoms with van der Waals surface area (Å²) >= 11 is 0. The Kier molecular flexibility index (Phi) is 9.03. The quantitative estimate of drug-likeness (QED) is 0.439. The highest BCUT2D eigenvalue weighted by Crippen LogP contribution is 2.21. The summed E-state index contributed by atoms with van der Waals surface area (Å²) in [5.41, 5.74) is 2.30. The average Bonchev–Trinajstić information content (AvgIpc) is 2.52.